The Hall–Kier alpha value is -2.47. The van der Waals surface area contributed by atoms with Crippen molar-refractivity contribution in [2.24, 2.45) is 0 Å². The first kappa shape index (κ1) is 14.9. The van der Waals surface area contributed by atoms with E-state index >= 15 is 0 Å². The predicted octanol–water partition coefficient (Wildman–Crippen LogP) is 2.76. The minimum Gasteiger partial charge on any atom is -0.472 e. The molecule has 1 aliphatic rings. The van der Waals surface area contributed by atoms with Gasteiger partial charge < -0.3 is 15.4 Å². The summed E-state index contributed by atoms with van der Waals surface area (Å²) < 4.78 is 41.2. The summed E-state index contributed by atoms with van der Waals surface area (Å²) in [5.41, 5.74) is 3.31. The molecule has 1 aromatic heterocycles. The molecule has 2 rings (SSSR count). The van der Waals surface area contributed by atoms with Crippen LogP contribution in [0.25, 0.3) is 0 Å². The minimum atomic E-state index is -2.58. The van der Waals surface area contributed by atoms with Gasteiger partial charge in [0.15, 0.2) is 12.4 Å². The van der Waals surface area contributed by atoms with Crippen LogP contribution < -0.4 is 15.4 Å². The monoisotopic (exact) mass is 303 g/mol. The van der Waals surface area contributed by atoms with Crippen molar-refractivity contribution in [2.75, 3.05) is 6.61 Å². The normalized spacial score (nSPS) is 13.1. The quantitative estimate of drug-likeness (QED) is 0.794. The predicted molar refractivity (Wildman–Crippen MR) is 71.6 cm³/mol. The largest absolute Gasteiger partial charge is 0.472 e. The van der Waals surface area contributed by atoms with Crippen molar-refractivity contribution in [3.63, 3.8) is 0 Å². The second-order valence-corrected chi connectivity index (χ2v) is 4.20. The molecular formula is C13H16F3N3O2. The molecule has 0 bridgehead atoms. The highest BCUT2D eigenvalue weighted by atomic mass is 19.3. The van der Waals surface area contributed by atoms with E-state index in [1.165, 1.54) is 12.3 Å². The third-order valence-electron chi connectivity index (χ3n) is 2.49. The molecule has 0 aliphatic heterocycles. The number of rotatable bonds is 6. The number of amides is 2. The molecular weight excluding hydrogens is 287 g/mol. The van der Waals surface area contributed by atoms with Crippen molar-refractivity contribution in [1.82, 2.24) is 15.6 Å². The molecule has 0 atom stereocenters. The number of urea groups is 1. The van der Waals surface area contributed by atoms with Crippen molar-refractivity contribution >= 4 is 6.03 Å². The number of alkyl halides is 2. The molecule has 2 amide bonds. The lowest BCUT2D eigenvalue weighted by Crippen LogP contribution is -2.35. The molecule has 1 aliphatic carbocycles. The zero-order valence-corrected chi connectivity index (χ0v) is 10.8. The maximum Gasteiger partial charge on any atom is 0.319 e. The molecule has 21 heavy (non-hydrogen) atoms. The first-order valence-corrected chi connectivity index (χ1v) is 6.08. The number of hydrogen-bond donors (Lipinski definition) is 2. The fourth-order valence-corrected chi connectivity index (χ4v) is 1.53. The Bertz CT molecular complexity index is 608. The van der Waals surface area contributed by atoms with Gasteiger partial charge in [0, 0.05) is 21.7 Å². The van der Waals surface area contributed by atoms with Crippen molar-refractivity contribution in [3.8, 4) is 5.88 Å². The number of hydrogen-bond acceptors (Lipinski definition) is 3. The van der Waals surface area contributed by atoms with E-state index < -0.39 is 24.9 Å². The van der Waals surface area contributed by atoms with Gasteiger partial charge in [0.05, 0.1) is 12.1 Å². The van der Waals surface area contributed by atoms with E-state index in [0.717, 1.165) is 0 Å². The second-order valence-electron chi connectivity index (χ2n) is 4.20. The van der Waals surface area contributed by atoms with Crippen LogP contribution >= 0.6 is 0 Å². The summed E-state index contributed by atoms with van der Waals surface area (Å²) in [5.74, 6) is -0.345. The van der Waals surface area contributed by atoms with E-state index in [1.807, 2.05) is 0 Å². The topological polar surface area (TPSA) is 63.2 Å². The van der Waals surface area contributed by atoms with E-state index in [0.29, 0.717) is 11.3 Å². The van der Waals surface area contributed by atoms with Crippen LogP contribution in [-0.4, -0.2) is 24.0 Å². The van der Waals surface area contributed by atoms with Gasteiger partial charge in [0.2, 0.25) is 5.88 Å². The Balaban J connectivity index is 0.00000242. The minimum absolute atomic E-state index is 0. The molecule has 0 unspecified atom stereocenters. The summed E-state index contributed by atoms with van der Waals surface area (Å²) in [6, 6.07) is 2.56. The van der Waals surface area contributed by atoms with Crippen LogP contribution in [0.1, 0.15) is 14.8 Å². The molecule has 0 aromatic carbocycles. The third kappa shape index (κ3) is 4.85. The molecule has 5 nitrogen and oxygen atoms in total. The number of halogens is 3. The number of pyridine rings is 1. The van der Waals surface area contributed by atoms with Crippen molar-refractivity contribution in [2.45, 2.75) is 19.4 Å². The smallest absolute Gasteiger partial charge is 0.319 e. The van der Waals surface area contributed by atoms with Crippen LogP contribution in [0.4, 0.5) is 18.0 Å². The number of carbonyl (C=O) groups is 1. The average molecular weight is 303 g/mol. The van der Waals surface area contributed by atoms with E-state index in [1.54, 1.807) is 6.07 Å². The number of nitrogens with one attached hydrogen (secondary N) is 2. The SMILES string of the molecule is O=C(NCc1ccnc(OCC(F)F)c1)NC1=C=C(F)C1.[HH].[HH]. The first-order chi connectivity index (χ1) is 10.0. The summed E-state index contributed by atoms with van der Waals surface area (Å²) in [6.07, 6.45) is -1.13. The van der Waals surface area contributed by atoms with Crippen LogP contribution in [0, 0.1) is 0 Å². The molecule has 8 heteroatoms. The molecule has 0 spiro atoms. The number of ether oxygens (including phenoxy) is 1. The molecule has 0 saturated carbocycles. The molecule has 0 saturated heterocycles. The zero-order valence-electron chi connectivity index (χ0n) is 10.8. The fraction of sp³-hybridized carbons (Fsp3) is 0.308. The van der Waals surface area contributed by atoms with Gasteiger partial charge in [-0.05, 0) is 11.6 Å². The van der Waals surface area contributed by atoms with Crippen LogP contribution in [0.3, 0.4) is 0 Å². The third-order valence-corrected chi connectivity index (χ3v) is 2.49. The highest BCUT2D eigenvalue weighted by Gasteiger charge is 2.13. The Morgan fingerprint density at radius 2 is 2.33 bits per heavy atom. The average Bonchev–Trinajstić information content (AvgIpc) is 2.42. The van der Waals surface area contributed by atoms with Crippen molar-refractivity contribution in [3.05, 3.63) is 41.1 Å². The lowest BCUT2D eigenvalue weighted by Gasteiger charge is -2.12. The summed E-state index contributed by atoms with van der Waals surface area (Å²) in [7, 11) is 0. The molecule has 1 aromatic rings. The van der Waals surface area contributed by atoms with Crippen molar-refractivity contribution in [1.29, 1.82) is 0 Å². The van der Waals surface area contributed by atoms with Gasteiger partial charge in [-0.1, -0.05) is 5.73 Å². The maximum absolute atomic E-state index is 12.4. The molecule has 0 fully saturated rings. The Morgan fingerprint density at radius 1 is 1.57 bits per heavy atom. The Labute approximate surface area is 121 Å². The van der Waals surface area contributed by atoms with Crippen LogP contribution in [-0.2, 0) is 6.54 Å². The standard InChI is InChI=1S/C13H12F3N3O2.2H2/c14-9-4-10(5-9)19-13(20)18-6-8-1-2-17-12(3-8)21-7-11(15)16;;/h1-3,11H,4,6-7H2,(H2,18,19,20);2*1H. The van der Waals surface area contributed by atoms with E-state index in [4.69, 9.17) is 4.74 Å². The summed E-state index contributed by atoms with van der Waals surface area (Å²) in [6.45, 7) is -0.588. The van der Waals surface area contributed by atoms with Crippen LogP contribution in [0.2, 0.25) is 0 Å². The highest BCUT2D eigenvalue weighted by Crippen LogP contribution is 2.17. The van der Waals surface area contributed by atoms with E-state index in [2.05, 4.69) is 21.3 Å². The lowest BCUT2D eigenvalue weighted by molar-refractivity contribution is 0.0795. The highest BCUT2D eigenvalue weighted by molar-refractivity contribution is 5.76. The molecule has 1 heterocycles. The van der Waals surface area contributed by atoms with Crippen LogP contribution in [0.5, 0.6) is 5.88 Å². The van der Waals surface area contributed by atoms with Crippen LogP contribution in [0.15, 0.2) is 35.6 Å². The van der Waals surface area contributed by atoms with Crippen molar-refractivity contribution < 1.29 is 25.6 Å². The van der Waals surface area contributed by atoms with E-state index in [9.17, 15) is 18.0 Å². The Kier molecular flexibility index (Phi) is 4.84. The fourth-order valence-electron chi connectivity index (χ4n) is 1.53. The van der Waals surface area contributed by atoms with Gasteiger partial charge in [-0.3, -0.25) is 0 Å². The first-order valence-electron chi connectivity index (χ1n) is 6.08. The van der Waals surface area contributed by atoms with Gasteiger partial charge in [-0.25, -0.2) is 22.9 Å². The second kappa shape index (κ2) is 6.81. The number of aromatic nitrogens is 1. The number of carbonyl (C=O) groups excluding carboxylic acids is 1. The van der Waals surface area contributed by atoms with Gasteiger partial charge in [-0.15, -0.1) is 0 Å². The number of nitrogens with zero attached hydrogens (tertiary/aromatic N) is 1. The molecule has 0 radical (unpaired) electrons. The van der Waals surface area contributed by atoms with Gasteiger partial charge >= 0.3 is 6.03 Å². The summed E-state index contributed by atoms with van der Waals surface area (Å²) in [4.78, 5) is 15.2. The molecule has 116 valence electrons. The summed E-state index contributed by atoms with van der Waals surface area (Å²) >= 11 is 0. The maximum atomic E-state index is 12.4. The van der Waals surface area contributed by atoms with E-state index in [-0.39, 0.29) is 21.7 Å². The summed E-state index contributed by atoms with van der Waals surface area (Å²) in [5, 5.41) is 4.95. The molecule has 2 N–H and O–H groups in total. The lowest BCUT2D eigenvalue weighted by atomic mass is 10.2. The van der Waals surface area contributed by atoms with Gasteiger partial charge in [0.1, 0.15) is 0 Å². The van der Waals surface area contributed by atoms with Gasteiger partial charge in [-0.2, -0.15) is 0 Å². The Morgan fingerprint density at radius 3 is 3.00 bits per heavy atom. The zero-order chi connectivity index (χ0) is 15.2. The van der Waals surface area contributed by atoms with Gasteiger partial charge in [0.25, 0.3) is 6.43 Å².